The van der Waals surface area contributed by atoms with Gasteiger partial charge in [-0.1, -0.05) is 56.3 Å². The van der Waals surface area contributed by atoms with E-state index in [1.165, 1.54) is 24.3 Å². The quantitative estimate of drug-likeness (QED) is 0.183. The largest absolute Gasteiger partial charge is 0.508 e. The number of ether oxygens (including phenoxy) is 1. The van der Waals surface area contributed by atoms with Gasteiger partial charge in [0.25, 0.3) is 0 Å². The van der Waals surface area contributed by atoms with Crippen LogP contribution in [0.3, 0.4) is 0 Å². The molecule has 0 aromatic heterocycles. The van der Waals surface area contributed by atoms with E-state index in [9.17, 15) is 39.6 Å². The van der Waals surface area contributed by atoms with Crippen LogP contribution < -0.4 is 16.0 Å². The summed E-state index contributed by atoms with van der Waals surface area (Å²) in [5.41, 5.74) is 0.865. The molecule has 3 amide bonds. The number of phenols is 3. The van der Waals surface area contributed by atoms with Crippen molar-refractivity contribution in [2.45, 2.75) is 38.6 Å². The molecular weight excluding hydrogens is 534 g/mol. The fourth-order valence-corrected chi connectivity index (χ4v) is 3.91. The van der Waals surface area contributed by atoms with Crippen LogP contribution in [0.15, 0.2) is 72.8 Å². The number of carbonyl (C=O) groups excluding carboxylic acids is 3. The average Bonchev–Trinajstić information content (AvgIpc) is 2.92. The molecule has 0 aliphatic carbocycles. The summed E-state index contributed by atoms with van der Waals surface area (Å²) in [4.78, 5) is 51.3. The number of aromatic hydroxyl groups is 3. The third-order valence-electron chi connectivity index (χ3n) is 6.00. The van der Waals surface area contributed by atoms with Crippen molar-refractivity contribution >= 4 is 23.9 Å². The molecule has 3 aromatic rings. The van der Waals surface area contributed by atoms with Crippen LogP contribution in [0.1, 0.15) is 42.6 Å². The van der Waals surface area contributed by atoms with E-state index in [0.29, 0.717) is 5.56 Å². The van der Waals surface area contributed by atoms with Crippen molar-refractivity contribution in [3.8, 4) is 17.2 Å². The van der Waals surface area contributed by atoms with Gasteiger partial charge in [-0.25, -0.2) is 9.59 Å². The lowest BCUT2D eigenvalue weighted by atomic mass is 10.00. The average molecular weight is 566 g/mol. The molecule has 0 bridgehead atoms. The van der Waals surface area contributed by atoms with E-state index in [0.717, 1.165) is 18.2 Å². The van der Waals surface area contributed by atoms with Crippen molar-refractivity contribution in [3.63, 3.8) is 0 Å². The van der Waals surface area contributed by atoms with Gasteiger partial charge in [-0.2, -0.15) is 0 Å². The SMILES string of the molecule is CC(C)[C@H](NC(=O)[C@H](NC(=O)[C@H](NC(=O)OCc1ccccc1)c1ccc(O)cc1)c1cc(O)cc(O)c1)C(=O)O. The lowest BCUT2D eigenvalue weighted by Crippen LogP contribution is -2.51. The summed E-state index contributed by atoms with van der Waals surface area (Å²) in [6, 6.07) is 13.1. The van der Waals surface area contributed by atoms with E-state index < -0.39 is 59.4 Å². The van der Waals surface area contributed by atoms with Gasteiger partial charge < -0.3 is 41.1 Å². The highest BCUT2D eigenvalue weighted by Gasteiger charge is 2.33. The number of carboxylic acid groups (broad SMARTS) is 1. The smallest absolute Gasteiger partial charge is 0.408 e. The number of hydrogen-bond acceptors (Lipinski definition) is 8. The minimum Gasteiger partial charge on any atom is -0.508 e. The van der Waals surface area contributed by atoms with Crippen molar-refractivity contribution in [2.75, 3.05) is 0 Å². The molecule has 3 atom stereocenters. The summed E-state index contributed by atoms with van der Waals surface area (Å²) in [6.07, 6.45) is -0.955. The normalized spacial score (nSPS) is 13.0. The predicted octanol–water partition coefficient (Wildman–Crippen LogP) is 2.85. The van der Waals surface area contributed by atoms with E-state index in [1.54, 1.807) is 44.2 Å². The lowest BCUT2D eigenvalue weighted by molar-refractivity contribution is -0.143. The molecule has 0 radical (unpaired) electrons. The van der Waals surface area contributed by atoms with Gasteiger partial charge in [-0.3, -0.25) is 9.59 Å². The standard InChI is InChI=1S/C29H31N3O9/c1-16(2)23(28(38)39)30-27(37)25(19-12-21(34)14-22(35)13-19)31-26(36)24(18-8-10-20(33)11-9-18)32-29(40)41-15-17-6-4-3-5-7-17/h3-14,16,23-25,33-35H,15H2,1-2H3,(H,30,37)(H,31,36)(H,32,40)(H,38,39)/t23-,24+,25+/m0/s1. The Morgan fingerprint density at radius 2 is 1.27 bits per heavy atom. The maximum atomic E-state index is 13.6. The van der Waals surface area contributed by atoms with Gasteiger partial charge >= 0.3 is 12.1 Å². The minimum atomic E-state index is -1.59. The van der Waals surface area contributed by atoms with E-state index >= 15 is 0 Å². The van der Waals surface area contributed by atoms with Crippen molar-refractivity contribution in [3.05, 3.63) is 89.5 Å². The molecule has 216 valence electrons. The molecule has 3 rings (SSSR count). The van der Waals surface area contributed by atoms with Gasteiger partial charge in [-0.05, 0) is 46.9 Å². The fourth-order valence-electron chi connectivity index (χ4n) is 3.91. The number of carboxylic acids is 1. The molecule has 3 aromatic carbocycles. The topological polar surface area (TPSA) is 195 Å². The monoisotopic (exact) mass is 565 g/mol. The van der Waals surface area contributed by atoms with Crippen LogP contribution in [-0.2, 0) is 25.7 Å². The summed E-state index contributed by atoms with van der Waals surface area (Å²) in [6.45, 7) is 3.08. The van der Waals surface area contributed by atoms with Crippen LogP contribution in [0.25, 0.3) is 0 Å². The third kappa shape index (κ3) is 8.62. The molecule has 12 heteroatoms. The van der Waals surface area contributed by atoms with Crippen molar-refractivity contribution in [1.82, 2.24) is 16.0 Å². The molecule has 0 heterocycles. The van der Waals surface area contributed by atoms with Gasteiger partial charge in [0.1, 0.15) is 42.0 Å². The zero-order valence-electron chi connectivity index (χ0n) is 22.3. The summed E-state index contributed by atoms with van der Waals surface area (Å²) in [5.74, 6) is -4.60. The number of phenolic OH excluding ortho intramolecular Hbond substituents is 3. The molecular formula is C29H31N3O9. The van der Waals surface area contributed by atoms with Gasteiger partial charge in [-0.15, -0.1) is 0 Å². The van der Waals surface area contributed by atoms with E-state index in [1.807, 2.05) is 0 Å². The molecule has 0 saturated carbocycles. The van der Waals surface area contributed by atoms with E-state index in [4.69, 9.17) is 4.74 Å². The number of carbonyl (C=O) groups is 4. The molecule has 0 fully saturated rings. The number of hydrogen-bond donors (Lipinski definition) is 7. The number of amides is 3. The highest BCUT2D eigenvalue weighted by molar-refractivity contribution is 5.94. The molecule has 0 saturated heterocycles. The van der Waals surface area contributed by atoms with Gasteiger partial charge in [0.2, 0.25) is 11.8 Å². The van der Waals surface area contributed by atoms with E-state index in [2.05, 4.69) is 16.0 Å². The number of benzene rings is 3. The minimum absolute atomic E-state index is 0.0580. The third-order valence-corrected chi connectivity index (χ3v) is 6.00. The molecule has 0 aliphatic heterocycles. The first-order valence-electron chi connectivity index (χ1n) is 12.6. The lowest BCUT2D eigenvalue weighted by Gasteiger charge is -2.26. The second-order valence-corrected chi connectivity index (χ2v) is 9.52. The second-order valence-electron chi connectivity index (χ2n) is 9.52. The van der Waals surface area contributed by atoms with Crippen molar-refractivity contribution in [1.29, 1.82) is 0 Å². The maximum Gasteiger partial charge on any atom is 0.408 e. The Bertz CT molecular complexity index is 1360. The fraction of sp³-hybridized carbons (Fsp3) is 0.241. The Hall–Kier alpha value is -5.26. The van der Waals surface area contributed by atoms with Crippen LogP contribution in [-0.4, -0.2) is 50.3 Å². The van der Waals surface area contributed by atoms with Gasteiger partial charge in [0.15, 0.2) is 0 Å². The zero-order chi connectivity index (χ0) is 30.1. The summed E-state index contributed by atoms with van der Waals surface area (Å²) >= 11 is 0. The van der Waals surface area contributed by atoms with Gasteiger partial charge in [0.05, 0.1) is 0 Å². The first-order chi connectivity index (χ1) is 19.4. The summed E-state index contributed by atoms with van der Waals surface area (Å²) in [7, 11) is 0. The van der Waals surface area contributed by atoms with Crippen molar-refractivity contribution < 1.29 is 44.3 Å². The summed E-state index contributed by atoms with van der Waals surface area (Å²) < 4.78 is 5.24. The number of nitrogens with one attached hydrogen (secondary N) is 3. The van der Waals surface area contributed by atoms with Crippen LogP contribution in [0.2, 0.25) is 0 Å². The molecule has 0 aliphatic rings. The maximum absolute atomic E-state index is 13.6. The molecule has 41 heavy (non-hydrogen) atoms. The second kappa shape index (κ2) is 13.7. The molecule has 0 spiro atoms. The number of aliphatic carboxylic acids is 1. The Labute approximate surface area is 235 Å². The number of alkyl carbamates (subject to hydrolysis) is 1. The highest BCUT2D eigenvalue weighted by Crippen LogP contribution is 2.27. The van der Waals surface area contributed by atoms with Gasteiger partial charge in [0, 0.05) is 6.07 Å². The summed E-state index contributed by atoms with van der Waals surface area (Å²) in [5, 5.41) is 46.5. The first kappa shape index (κ1) is 30.3. The Kier molecular flexibility index (Phi) is 10.1. The van der Waals surface area contributed by atoms with Crippen LogP contribution in [0.4, 0.5) is 4.79 Å². The predicted molar refractivity (Wildman–Crippen MR) is 146 cm³/mol. The highest BCUT2D eigenvalue weighted by atomic mass is 16.5. The Balaban J connectivity index is 1.91. The zero-order valence-corrected chi connectivity index (χ0v) is 22.3. The Morgan fingerprint density at radius 3 is 1.83 bits per heavy atom. The Morgan fingerprint density at radius 1 is 0.707 bits per heavy atom. The van der Waals surface area contributed by atoms with Crippen LogP contribution in [0.5, 0.6) is 17.2 Å². The molecule has 0 unspecified atom stereocenters. The number of rotatable bonds is 11. The first-order valence-corrected chi connectivity index (χ1v) is 12.6. The van der Waals surface area contributed by atoms with Crippen LogP contribution in [0, 0.1) is 5.92 Å². The van der Waals surface area contributed by atoms with Crippen molar-refractivity contribution in [2.24, 2.45) is 5.92 Å². The molecule has 12 nitrogen and oxygen atoms in total. The molecule has 7 N–H and O–H groups in total. The van der Waals surface area contributed by atoms with Crippen LogP contribution >= 0.6 is 0 Å². The van der Waals surface area contributed by atoms with E-state index in [-0.39, 0.29) is 23.5 Å².